The van der Waals surface area contributed by atoms with E-state index in [1.807, 2.05) is 6.07 Å². The topological polar surface area (TPSA) is 49.2 Å². The molecule has 1 atom stereocenters. The SMILES string of the molecule is OCCC1CCCN(c2cc(Br)ncn2)C1. The second-order valence-electron chi connectivity index (χ2n) is 4.17. The molecule has 1 saturated heterocycles. The van der Waals surface area contributed by atoms with Gasteiger partial charge < -0.3 is 10.0 Å². The molecule has 0 radical (unpaired) electrons. The van der Waals surface area contributed by atoms with E-state index in [0.717, 1.165) is 29.9 Å². The van der Waals surface area contributed by atoms with Crippen LogP contribution in [0, 0.1) is 5.92 Å². The minimum Gasteiger partial charge on any atom is -0.396 e. The van der Waals surface area contributed by atoms with Crippen LogP contribution in [0.4, 0.5) is 5.82 Å². The molecule has 1 aliphatic rings. The molecule has 16 heavy (non-hydrogen) atoms. The lowest BCUT2D eigenvalue weighted by Gasteiger charge is -2.33. The summed E-state index contributed by atoms with van der Waals surface area (Å²) in [4.78, 5) is 10.6. The van der Waals surface area contributed by atoms with E-state index in [4.69, 9.17) is 5.11 Å². The standard InChI is InChI=1S/C11H16BrN3O/c12-10-6-11(14-8-13-10)15-4-1-2-9(7-15)3-5-16/h6,8-9,16H,1-5,7H2. The van der Waals surface area contributed by atoms with Gasteiger partial charge in [0.25, 0.3) is 0 Å². The minimum atomic E-state index is 0.284. The molecule has 1 fully saturated rings. The number of aliphatic hydroxyl groups excluding tert-OH is 1. The number of piperidine rings is 1. The zero-order chi connectivity index (χ0) is 11.4. The van der Waals surface area contributed by atoms with Crippen molar-refractivity contribution in [3.63, 3.8) is 0 Å². The zero-order valence-corrected chi connectivity index (χ0v) is 10.7. The molecule has 1 unspecified atom stereocenters. The molecule has 4 nitrogen and oxygen atoms in total. The summed E-state index contributed by atoms with van der Waals surface area (Å²) in [7, 11) is 0. The fourth-order valence-electron chi connectivity index (χ4n) is 2.19. The highest BCUT2D eigenvalue weighted by Crippen LogP contribution is 2.24. The summed E-state index contributed by atoms with van der Waals surface area (Å²) in [5.41, 5.74) is 0. The fraction of sp³-hybridized carbons (Fsp3) is 0.636. The van der Waals surface area contributed by atoms with E-state index in [2.05, 4.69) is 30.8 Å². The van der Waals surface area contributed by atoms with Crippen molar-refractivity contribution >= 4 is 21.7 Å². The molecule has 0 aliphatic carbocycles. The molecule has 1 N–H and O–H groups in total. The predicted octanol–water partition coefficient (Wildman–Crippen LogP) is 1.84. The van der Waals surface area contributed by atoms with E-state index in [1.165, 1.54) is 12.8 Å². The van der Waals surface area contributed by atoms with Crippen LogP contribution < -0.4 is 4.90 Å². The van der Waals surface area contributed by atoms with Gasteiger partial charge in [0.05, 0.1) is 0 Å². The number of aromatic nitrogens is 2. The van der Waals surface area contributed by atoms with Crippen LogP contribution in [-0.2, 0) is 0 Å². The number of aliphatic hydroxyl groups is 1. The molecule has 2 heterocycles. The number of hydrogen-bond acceptors (Lipinski definition) is 4. The van der Waals surface area contributed by atoms with Gasteiger partial charge in [0.2, 0.25) is 0 Å². The summed E-state index contributed by atoms with van der Waals surface area (Å²) in [5, 5.41) is 8.97. The van der Waals surface area contributed by atoms with E-state index in [9.17, 15) is 0 Å². The third-order valence-electron chi connectivity index (χ3n) is 3.00. The Kier molecular flexibility index (Phi) is 4.12. The van der Waals surface area contributed by atoms with Crippen LogP contribution in [-0.4, -0.2) is 34.8 Å². The van der Waals surface area contributed by atoms with Crippen molar-refractivity contribution in [3.8, 4) is 0 Å². The van der Waals surface area contributed by atoms with Crippen molar-refractivity contribution in [1.29, 1.82) is 0 Å². The summed E-state index contributed by atoms with van der Waals surface area (Å²) in [5.74, 6) is 1.57. The monoisotopic (exact) mass is 285 g/mol. The normalized spacial score (nSPS) is 21.1. The molecular formula is C11H16BrN3O. The van der Waals surface area contributed by atoms with Gasteiger partial charge in [-0.05, 0) is 41.1 Å². The number of halogens is 1. The zero-order valence-electron chi connectivity index (χ0n) is 9.14. The summed E-state index contributed by atoms with van der Waals surface area (Å²) >= 11 is 3.36. The highest BCUT2D eigenvalue weighted by atomic mass is 79.9. The van der Waals surface area contributed by atoms with Crippen LogP contribution in [0.1, 0.15) is 19.3 Å². The molecule has 1 aromatic rings. The first-order valence-corrected chi connectivity index (χ1v) is 6.42. The van der Waals surface area contributed by atoms with Crippen LogP contribution in [0.5, 0.6) is 0 Å². The highest BCUT2D eigenvalue weighted by Gasteiger charge is 2.20. The smallest absolute Gasteiger partial charge is 0.133 e. The Bertz CT molecular complexity index is 346. The molecule has 0 spiro atoms. The lowest BCUT2D eigenvalue weighted by molar-refractivity contribution is 0.244. The van der Waals surface area contributed by atoms with Gasteiger partial charge in [-0.3, -0.25) is 0 Å². The van der Waals surface area contributed by atoms with Crippen molar-refractivity contribution in [3.05, 3.63) is 17.0 Å². The summed E-state index contributed by atoms with van der Waals surface area (Å²) in [6.45, 7) is 2.32. The maximum Gasteiger partial charge on any atom is 0.133 e. The van der Waals surface area contributed by atoms with Crippen LogP contribution in [0.2, 0.25) is 0 Å². The Labute approximate surface area is 104 Å². The van der Waals surface area contributed by atoms with Crippen molar-refractivity contribution in [1.82, 2.24) is 9.97 Å². The average Bonchev–Trinajstić information content (AvgIpc) is 2.30. The Morgan fingerprint density at radius 1 is 1.50 bits per heavy atom. The number of nitrogens with zero attached hydrogens (tertiary/aromatic N) is 3. The number of hydrogen-bond donors (Lipinski definition) is 1. The van der Waals surface area contributed by atoms with Gasteiger partial charge in [0.1, 0.15) is 16.7 Å². The van der Waals surface area contributed by atoms with Gasteiger partial charge in [-0.15, -0.1) is 0 Å². The summed E-state index contributed by atoms with van der Waals surface area (Å²) in [6.07, 6.45) is 4.85. The second kappa shape index (κ2) is 5.59. The summed E-state index contributed by atoms with van der Waals surface area (Å²) < 4.78 is 0.821. The molecule has 5 heteroatoms. The third-order valence-corrected chi connectivity index (χ3v) is 3.43. The average molecular weight is 286 g/mol. The Morgan fingerprint density at radius 2 is 2.38 bits per heavy atom. The molecule has 1 aromatic heterocycles. The first-order chi connectivity index (χ1) is 7.79. The van der Waals surface area contributed by atoms with Crippen molar-refractivity contribution < 1.29 is 5.11 Å². The van der Waals surface area contributed by atoms with E-state index in [-0.39, 0.29) is 6.61 Å². The molecule has 0 amide bonds. The first kappa shape index (κ1) is 11.8. The van der Waals surface area contributed by atoms with Crippen molar-refractivity contribution in [2.45, 2.75) is 19.3 Å². The van der Waals surface area contributed by atoms with Gasteiger partial charge in [-0.2, -0.15) is 0 Å². The van der Waals surface area contributed by atoms with Crippen molar-refractivity contribution in [2.75, 3.05) is 24.6 Å². The van der Waals surface area contributed by atoms with Crippen LogP contribution in [0.25, 0.3) is 0 Å². The van der Waals surface area contributed by atoms with E-state index in [0.29, 0.717) is 5.92 Å². The van der Waals surface area contributed by atoms with E-state index in [1.54, 1.807) is 6.33 Å². The van der Waals surface area contributed by atoms with Gasteiger partial charge in [0, 0.05) is 25.8 Å². The van der Waals surface area contributed by atoms with E-state index >= 15 is 0 Å². The highest BCUT2D eigenvalue weighted by molar-refractivity contribution is 9.10. The lowest BCUT2D eigenvalue weighted by atomic mass is 9.95. The minimum absolute atomic E-state index is 0.284. The Morgan fingerprint density at radius 3 is 3.12 bits per heavy atom. The molecule has 0 bridgehead atoms. The Balaban J connectivity index is 2.03. The molecule has 88 valence electrons. The van der Waals surface area contributed by atoms with Crippen molar-refractivity contribution in [2.24, 2.45) is 5.92 Å². The first-order valence-electron chi connectivity index (χ1n) is 5.63. The quantitative estimate of drug-likeness (QED) is 0.861. The summed E-state index contributed by atoms with van der Waals surface area (Å²) in [6, 6.07) is 1.95. The van der Waals surface area contributed by atoms with Crippen LogP contribution in [0.15, 0.2) is 17.0 Å². The maximum absolute atomic E-state index is 8.97. The largest absolute Gasteiger partial charge is 0.396 e. The third kappa shape index (κ3) is 2.92. The van der Waals surface area contributed by atoms with Crippen LogP contribution >= 0.6 is 15.9 Å². The maximum atomic E-state index is 8.97. The van der Waals surface area contributed by atoms with Gasteiger partial charge >= 0.3 is 0 Å². The van der Waals surface area contributed by atoms with Gasteiger partial charge in [-0.25, -0.2) is 9.97 Å². The molecule has 2 rings (SSSR count). The number of rotatable bonds is 3. The van der Waals surface area contributed by atoms with E-state index < -0.39 is 0 Å². The second-order valence-corrected chi connectivity index (χ2v) is 4.98. The molecular weight excluding hydrogens is 270 g/mol. The number of anilines is 1. The van der Waals surface area contributed by atoms with Crippen LogP contribution in [0.3, 0.4) is 0 Å². The Hall–Kier alpha value is -0.680. The van der Waals surface area contributed by atoms with Gasteiger partial charge in [-0.1, -0.05) is 0 Å². The lowest BCUT2D eigenvalue weighted by Crippen LogP contribution is -2.36. The predicted molar refractivity (Wildman–Crippen MR) is 66.4 cm³/mol. The molecule has 0 saturated carbocycles. The molecule has 0 aromatic carbocycles. The van der Waals surface area contributed by atoms with Gasteiger partial charge in [0.15, 0.2) is 0 Å². The molecule has 1 aliphatic heterocycles. The fourth-order valence-corrected chi connectivity index (χ4v) is 2.48.